The Morgan fingerprint density at radius 1 is 1.37 bits per heavy atom. The van der Waals surface area contributed by atoms with E-state index in [0.717, 1.165) is 50.5 Å². The maximum absolute atomic E-state index is 12.1. The standard InChI is InChI=1S/C15H22N2O2/c1-3-5-13(2)15(18)17-9-7-16(8-10-17)12-14-6-4-11-19-14/h4-6,11H,3,7-10,12H2,1-2H3/b13-5-. The molecule has 1 amide bonds. The topological polar surface area (TPSA) is 36.7 Å². The van der Waals surface area contributed by atoms with Crippen molar-refractivity contribution >= 4 is 5.91 Å². The minimum atomic E-state index is 0.180. The molecule has 0 spiro atoms. The summed E-state index contributed by atoms with van der Waals surface area (Å²) in [5, 5.41) is 0. The lowest BCUT2D eigenvalue weighted by molar-refractivity contribution is -0.128. The number of amides is 1. The molecule has 4 heteroatoms. The maximum Gasteiger partial charge on any atom is 0.249 e. The first-order valence-electron chi connectivity index (χ1n) is 6.91. The number of hydrogen-bond acceptors (Lipinski definition) is 3. The molecule has 19 heavy (non-hydrogen) atoms. The first kappa shape index (κ1) is 13.9. The van der Waals surface area contributed by atoms with Gasteiger partial charge in [-0.15, -0.1) is 0 Å². The summed E-state index contributed by atoms with van der Waals surface area (Å²) in [5.74, 6) is 1.17. The zero-order chi connectivity index (χ0) is 13.7. The smallest absolute Gasteiger partial charge is 0.249 e. The molecule has 0 aliphatic carbocycles. The maximum atomic E-state index is 12.1. The van der Waals surface area contributed by atoms with E-state index in [1.165, 1.54) is 0 Å². The van der Waals surface area contributed by atoms with Crippen LogP contribution in [-0.2, 0) is 11.3 Å². The fourth-order valence-electron chi connectivity index (χ4n) is 2.37. The van der Waals surface area contributed by atoms with Gasteiger partial charge in [-0.2, -0.15) is 0 Å². The van der Waals surface area contributed by atoms with E-state index in [0.29, 0.717) is 0 Å². The van der Waals surface area contributed by atoms with Gasteiger partial charge >= 0.3 is 0 Å². The Kier molecular flexibility index (Phi) is 4.80. The second-order valence-corrected chi connectivity index (χ2v) is 4.94. The summed E-state index contributed by atoms with van der Waals surface area (Å²) in [6.45, 7) is 8.21. The Hall–Kier alpha value is -1.55. The molecule has 0 saturated carbocycles. The third-order valence-electron chi connectivity index (χ3n) is 3.47. The molecule has 2 rings (SSSR count). The molecule has 1 aliphatic heterocycles. The van der Waals surface area contributed by atoms with Gasteiger partial charge in [0.15, 0.2) is 0 Å². The number of piperazine rings is 1. The van der Waals surface area contributed by atoms with Crippen LogP contribution >= 0.6 is 0 Å². The summed E-state index contributed by atoms with van der Waals surface area (Å²) >= 11 is 0. The van der Waals surface area contributed by atoms with Gasteiger partial charge in [-0.25, -0.2) is 0 Å². The Labute approximate surface area is 114 Å². The van der Waals surface area contributed by atoms with Crippen LogP contribution in [0.4, 0.5) is 0 Å². The molecule has 104 valence electrons. The predicted octanol–water partition coefficient (Wildman–Crippen LogP) is 2.28. The van der Waals surface area contributed by atoms with E-state index in [4.69, 9.17) is 4.42 Å². The van der Waals surface area contributed by atoms with E-state index in [9.17, 15) is 4.79 Å². The van der Waals surface area contributed by atoms with E-state index in [2.05, 4.69) is 11.8 Å². The number of carbonyl (C=O) groups excluding carboxylic acids is 1. The molecular formula is C15H22N2O2. The lowest BCUT2D eigenvalue weighted by atomic mass is 10.2. The van der Waals surface area contributed by atoms with Gasteiger partial charge in [0.1, 0.15) is 5.76 Å². The van der Waals surface area contributed by atoms with Crippen molar-refractivity contribution in [3.63, 3.8) is 0 Å². The van der Waals surface area contributed by atoms with E-state index < -0.39 is 0 Å². The van der Waals surface area contributed by atoms with Crippen LogP contribution in [0.25, 0.3) is 0 Å². The van der Waals surface area contributed by atoms with Crippen molar-refractivity contribution in [3.8, 4) is 0 Å². The molecule has 1 fully saturated rings. The molecule has 0 N–H and O–H groups in total. The van der Waals surface area contributed by atoms with Crippen LogP contribution in [0, 0.1) is 0 Å². The van der Waals surface area contributed by atoms with Crippen LogP contribution in [0.2, 0.25) is 0 Å². The highest BCUT2D eigenvalue weighted by molar-refractivity contribution is 5.92. The second-order valence-electron chi connectivity index (χ2n) is 4.94. The van der Waals surface area contributed by atoms with Gasteiger partial charge in [0, 0.05) is 31.8 Å². The van der Waals surface area contributed by atoms with Gasteiger partial charge in [0.25, 0.3) is 0 Å². The van der Waals surface area contributed by atoms with Gasteiger partial charge in [0.2, 0.25) is 5.91 Å². The highest BCUT2D eigenvalue weighted by Crippen LogP contribution is 2.11. The molecule has 0 radical (unpaired) electrons. The van der Waals surface area contributed by atoms with Gasteiger partial charge < -0.3 is 9.32 Å². The molecule has 1 aliphatic rings. The van der Waals surface area contributed by atoms with Crippen LogP contribution in [0.15, 0.2) is 34.5 Å². The van der Waals surface area contributed by atoms with Gasteiger partial charge in [-0.05, 0) is 25.5 Å². The Bertz CT molecular complexity index is 429. The molecule has 1 aromatic heterocycles. The van der Waals surface area contributed by atoms with Crippen molar-refractivity contribution < 1.29 is 9.21 Å². The number of furan rings is 1. The number of carbonyl (C=O) groups is 1. The van der Waals surface area contributed by atoms with Crippen LogP contribution < -0.4 is 0 Å². The van der Waals surface area contributed by atoms with Crippen LogP contribution in [0.1, 0.15) is 26.0 Å². The number of rotatable bonds is 4. The summed E-state index contributed by atoms with van der Waals surface area (Å²) < 4.78 is 5.35. The van der Waals surface area contributed by atoms with Gasteiger partial charge in [0.05, 0.1) is 12.8 Å². The average Bonchev–Trinajstić information content (AvgIpc) is 2.92. The average molecular weight is 262 g/mol. The highest BCUT2D eigenvalue weighted by atomic mass is 16.3. The minimum absolute atomic E-state index is 0.180. The van der Waals surface area contributed by atoms with Crippen molar-refractivity contribution in [2.24, 2.45) is 0 Å². The summed E-state index contributed by atoms with van der Waals surface area (Å²) in [6, 6.07) is 3.90. The highest BCUT2D eigenvalue weighted by Gasteiger charge is 2.22. The lowest BCUT2D eigenvalue weighted by Crippen LogP contribution is -2.48. The first-order valence-corrected chi connectivity index (χ1v) is 6.91. The normalized spacial score (nSPS) is 17.8. The van der Waals surface area contributed by atoms with Crippen LogP contribution in [0.5, 0.6) is 0 Å². The van der Waals surface area contributed by atoms with E-state index in [-0.39, 0.29) is 5.91 Å². The number of nitrogens with zero attached hydrogens (tertiary/aromatic N) is 2. The van der Waals surface area contributed by atoms with Crippen molar-refractivity contribution in [3.05, 3.63) is 35.8 Å². The summed E-state index contributed by atoms with van der Waals surface area (Å²) in [4.78, 5) is 16.4. The largest absolute Gasteiger partial charge is 0.468 e. The third kappa shape index (κ3) is 3.70. The molecular weight excluding hydrogens is 240 g/mol. The van der Waals surface area contributed by atoms with E-state index in [1.54, 1.807) is 6.26 Å². The predicted molar refractivity (Wildman–Crippen MR) is 74.6 cm³/mol. The number of hydrogen-bond donors (Lipinski definition) is 0. The molecule has 1 aromatic rings. The van der Waals surface area contributed by atoms with E-state index >= 15 is 0 Å². The Balaban J connectivity index is 1.82. The monoisotopic (exact) mass is 262 g/mol. The fraction of sp³-hybridized carbons (Fsp3) is 0.533. The third-order valence-corrected chi connectivity index (χ3v) is 3.47. The summed E-state index contributed by atoms with van der Waals surface area (Å²) in [7, 11) is 0. The fourth-order valence-corrected chi connectivity index (χ4v) is 2.37. The van der Waals surface area contributed by atoms with Crippen molar-refractivity contribution in [1.82, 2.24) is 9.80 Å². The molecule has 0 unspecified atom stereocenters. The Morgan fingerprint density at radius 3 is 2.68 bits per heavy atom. The van der Waals surface area contributed by atoms with E-state index in [1.807, 2.05) is 30.0 Å². The molecule has 2 heterocycles. The minimum Gasteiger partial charge on any atom is -0.468 e. The van der Waals surface area contributed by atoms with Crippen molar-refractivity contribution in [2.75, 3.05) is 26.2 Å². The van der Waals surface area contributed by atoms with Crippen molar-refractivity contribution in [2.45, 2.75) is 26.8 Å². The van der Waals surface area contributed by atoms with Gasteiger partial charge in [-0.1, -0.05) is 13.0 Å². The zero-order valence-corrected chi connectivity index (χ0v) is 11.8. The molecule has 4 nitrogen and oxygen atoms in total. The lowest BCUT2D eigenvalue weighted by Gasteiger charge is -2.34. The molecule has 1 saturated heterocycles. The zero-order valence-electron chi connectivity index (χ0n) is 11.8. The molecule has 0 bridgehead atoms. The van der Waals surface area contributed by atoms with Crippen LogP contribution in [0.3, 0.4) is 0 Å². The molecule has 0 atom stereocenters. The summed E-state index contributed by atoms with van der Waals surface area (Å²) in [6.07, 6.45) is 4.61. The quantitative estimate of drug-likeness (QED) is 0.781. The first-order chi connectivity index (χ1) is 9.20. The second kappa shape index (κ2) is 6.57. The summed E-state index contributed by atoms with van der Waals surface area (Å²) in [5.41, 5.74) is 0.863. The van der Waals surface area contributed by atoms with Gasteiger partial charge in [-0.3, -0.25) is 9.69 Å². The van der Waals surface area contributed by atoms with Crippen LogP contribution in [-0.4, -0.2) is 41.9 Å². The Morgan fingerprint density at radius 2 is 2.11 bits per heavy atom. The SMILES string of the molecule is CC/C=C(/C)C(=O)N1CCN(Cc2ccco2)CC1. The van der Waals surface area contributed by atoms with Crippen molar-refractivity contribution in [1.29, 1.82) is 0 Å². The molecule has 0 aromatic carbocycles. The number of allylic oxidation sites excluding steroid dienone is 1.